The lowest BCUT2D eigenvalue weighted by Gasteiger charge is -2.33. The van der Waals surface area contributed by atoms with Crippen LogP contribution in [0.3, 0.4) is 0 Å². The first kappa shape index (κ1) is 18.1. The van der Waals surface area contributed by atoms with Crippen molar-refractivity contribution >= 4 is 33.2 Å². The molecule has 128 valence electrons. The Kier molecular flexibility index (Phi) is 5.57. The van der Waals surface area contributed by atoms with Crippen molar-refractivity contribution in [1.82, 2.24) is 4.90 Å². The Hall–Kier alpha value is -1.27. The van der Waals surface area contributed by atoms with Crippen molar-refractivity contribution in [3.8, 4) is 0 Å². The molecule has 0 radical (unpaired) electrons. The minimum Gasteiger partial charge on any atom is -0.341 e. The summed E-state index contributed by atoms with van der Waals surface area (Å²) in [5.74, 6) is -0.183. The van der Waals surface area contributed by atoms with Gasteiger partial charge in [0.05, 0.1) is 11.9 Å². The van der Waals surface area contributed by atoms with Crippen LogP contribution < -0.4 is 4.31 Å². The van der Waals surface area contributed by atoms with Crippen molar-refractivity contribution in [2.24, 2.45) is 0 Å². The SMILES string of the molecule is CC(C(=O)N(C)C1CCCC1)N(c1ccc(Cl)cc1)S(C)(=O)=O. The smallest absolute Gasteiger partial charge is 0.246 e. The van der Waals surface area contributed by atoms with E-state index in [0.29, 0.717) is 10.7 Å². The molecule has 1 fully saturated rings. The van der Waals surface area contributed by atoms with Gasteiger partial charge in [0, 0.05) is 18.1 Å². The minimum absolute atomic E-state index is 0.183. The molecule has 1 unspecified atom stereocenters. The van der Waals surface area contributed by atoms with Gasteiger partial charge in [-0.3, -0.25) is 9.10 Å². The maximum Gasteiger partial charge on any atom is 0.246 e. The fraction of sp³-hybridized carbons (Fsp3) is 0.562. The maximum absolute atomic E-state index is 12.8. The zero-order valence-corrected chi connectivity index (χ0v) is 15.3. The summed E-state index contributed by atoms with van der Waals surface area (Å²) in [5, 5.41) is 0.518. The number of anilines is 1. The molecule has 7 heteroatoms. The Balaban J connectivity index is 2.28. The fourth-order valence-electron chi connectivity index (χ4n) is 3.16. The highest BCUT2D eigenvalue weighted by Crippen LogP contribution is 2.26. The fourth-order valence-corrected chi connectivity index (χ4v) is 4.45. The zero-order chi connectivity index (χ0) is 17.2. The number of carbonyl (C=O) groups is 1. The number of rotatable bonds is 5. The van der Waals surface area contributed by atoms with Gasteiger partial charge >= 0.3 is 0 Å². The molecule has 1 aromatic carbocycles. The van der Waals surface area contributed by atoms with Gasteiger partial charge < -0.3 is 4.90 Å². The summed E-state index contributed by atoms with van der Waals surface area (Å²) in [5.41, 5.74) is 0.442. The first-order valence-corrected chi connectivity index (χ1v) is 9.96. The van der Waals surface area contributed by atoms with Crippen LogP contribution in [0.4, 0.5) is 5.69 Å². The van der Waals surface area contributed by atoms with E-state index in [1.807, 2.05) is 0 Å². The van der Waals surface area contributed by atoms with Crippen LogP contribution in [0.2, 0.25) is 5.02 Å². The van der Waals surface area contributed by atoms with Crippen molar-refractivity contribution in [3.05, 3.63) is 29.3 Å². The zero-order valence-electron chi connectivity index (χ0n) is 13.7. The van der Waals surface area contributed by atoms with Crippen molar-refractivity contribution in [1.29, 1.82) is 0 Å². The van der Waals surface area contributed by atoms with Gasteiger partial charge in [0.1, 0.15) is 6.04 Å². The number of halogens is 1. The number of hydrogen-bond donors (Lipinski definition) is 0. The van der Waals surface area contributed by atoms with Gasteiger partial charge in [-0.25, -0.2) is 8.42 Å². The molecule has 0 N–H and O–H groups in total. The molecular weight excluding hydrogens is 336 g/mol. The molecule has 0 spiro atoms. The third-order valence-corrected chi connectivity index (χ3v) is 5.86. The summed E-state index contributed by atoms with van der Waals surface area (Å²) in [6.07, 6.45) is 5.30. The molecule has 1 atom stereocenters. The summed E-state index contributed by atoms with van der Waals surface area (Å²) in [7, 11) is -1.83. The van der Waals surface area contributed by atoms with E-state index in [0.717, 1.165) is 36.2 Å². The molecule has 2 rings (SSSR count). The summed E-state index contributed by atoms with van der Waals surface area (Å²) >= 11 is 5.87. The van der Waals surface area contributed by atoms with E-state index in [2.05, 4.69) is 0 Å². The second-order valence-corrected chi connectivity index (χ2v) is 8.39. The molecule has 0 bridgehead atoms. The van der Waals surface area contributed by atoms with Crippen LogP contribution >= 0.6 is 11.6 Å². The van der Waals surface area contributed by atoms with Gasteiger partial charge in [-0.1, -0.05) is 24.4 Å². The second-order valence-electron chi connectivity index (χ2n) is 6.10. The van der Waals surface area contributed by atoms with Gasteiger partial charge in [0.25, 0.3) is 0 Å². The highest BCUT2D eigenvalue weighted by molar-refractivity contribution is 7.92. The van der Waals surface area contributed by atoms with Crippen LogP contribution in [0.25, 0.3) is 0 Å². The molecule has 0 saturated heterocycles. The van der Waals surface area contributed by atoms with E-state index in [1.165, 1.54) is 0 Å². The first-order valence-electron chi connectivity index (χ1n) is 7.73. The van der Waals surface area contributed by atoms with Crippen LogP contribution in [-0.4, -0.2) is 44.6 Å². The van der Waals surface area contributed by atoms with Gasteiger partial charge in [0.2, 0.25) is 15.9 Å². The number of nitrogens with zero attached hydrogens (tertiary/aromatic N) is 2. The van der Waals surface area contributed by atoms with Crippen molar-refractivity contribution in [2.75, 3.05) is 17.6 Å². The topological polar surface area (TPSA) is 57.7 Å². The normalized spacial score (nSPS) is 17.0. The predicted octanol–water partition coefficient (Wildman–Crippen LogP) is 2.90. The van der Waals surface area contributed by atoms with E-state index in [4.69, 9.17) is 11.6 Å². The van der Waals surface area contributed by atoms with Crippen molar-refractivity contribution in [2.45, 2.75) is 44.7 Å². The van der Waals surface area contributed by atoms with Crippen LogP contribution in [0.15, 0.2) is 24.3 Å². The average Bonchev–Trinajstić information content (AvgIpc) is 3.00. The average molecular weight is 359 g/mol. The molecule has 1 aliphatic carbocycles. The Morgan fingerprint density at radius 3 is 2.22 bits per heavy atom. The van der Waals surface area contributed by atoms with Crippen LogP contribution in [-0.2, 0) is 14.8 Å². The number of benzene rings is 1. The summed E-state index contributed by atoms with van der Waals surface area (Å²) in [6, 6.07) is 5.87. The summed E-state index contributed by atoms with van der Waals surface area (Å²) < 4.78 is 25.6. The predicted molar refractivity (Wildman–Crippen MR) is 93.3 cm³/mol. The second kappa shape index (κ2) is 7.09. The quantitative estimate of drug-likeness (QED) is 0.813. The van der Waals surface area contributed by atoms with Gasteiger partial charge in [-0.05, 0) is 44.0 Å². The third kappa shape index (κ3) is 4.18. The van der Waals surface area contributed by atoms with Crippen LogP contribution in [0, 0.1) is 0 Å². The number of hydrogen-bond acceptors (Lipinski definition) is 3. The lowest BCUT2D eigenvalue weighted by Crippen LogP contribution is -2.50. The number of sulfonamides is 1. The maximum atomic E-state index is 12.8. The Bertz CT molecular complexity index is 654. The number of likely N-dealkylation sites (N-methyl/N-ethyl adjacent to an activating group) is 1. The molecule has 1 aromatic rings. The number of amides is 1. The highest BCUT2D eigenvalue weighted by atomic mass is 35.5. The third-order valence-electron chi connectivity index (χ3n) is 4.37. The first-order chi connectivity index (χ1) is 10.7. The van der Waals surface area contributed by atoms with E-state index < -0.39 is 16.1 Å². The monoisotopic (exact) mass is 358 g/mol. The molecule has 0 heterocycles. The van der Waals surface area contributed by atoms with Gasteiger partial charge in [-0.2, -0.15) is 0 Å². The molecule has 1 amide bonds. The van der Waals surface area contributed by atoms with Crippen LogP contribution in [0.5, 0.6) is 0 Å². The molecule has 0 aliphatic heterocycles. The Labute approximate surface area is 143 Å². The van der Waals surface area contributed by atoms with E-state index in [-0.39, 0.29) is 11.9 Å². The van der Waals surface area contributed by atoms with Crippen molar-refractivity contribution < 1.29 is 13.2 Å². The molecule has 23 heavy (non-hydrogen) atoms. The van der Waals surface area contributed by atoms with E-state index in [9.17, 15) is 13.2 Å². The largest absolute Gasteiger partial charge is 0.341 e. The molecule has 1 aliphatic rings. The van der Waals surface area contributed by atoms with Gasteiger partial charge in [-0.15, -0.1) is 0 Å². The lowest BCUT2D eigenvalue weighted by molar-refractivity contribution is -0.132. The van der Waals surface area contributed by atoms with Crippen LogP contribution in [0.1, 0.15) is 32.6 Å². The van der Waals surface area contributed by atoms with E-state index in [1.54, 1.807) is 43.1 Å². The molecule has 0 aromatic heterocycles. The Morgan fingerprint density at radius 1 is 1.22 bits per heavy atom. The van der Waals surface area contributed by atoms with E-state index >= 15 is 0 Å². The van der Waals surface area contributed by atoms with Crippen molar-refractivity contribution in [3.63, 3.8) is 0 Å². The highest BCUT2D eigenvalue weighted by Gasteiger charge is 2.33. The van der Waals surface area contributed by atoms with Gasteiger partial charge in [0.15, 0.2) is 0 Å². The summed E-state index contributed by atoms with van der Waals surface area (Å²) in [6.45, 7) is 1.63. The number of carbonyl (C=O) groups excluding carboxylic acids is 1. The minimum atomic E-state index is -3.59. The molecular formula is C16H23ClN2O3S. The standard InChI is InChI=1S/C16H23ClN2O3S/c1-12(16(20)18(2)14-6-4-5-7-14)19(23(3,21)22)15-10-8-13(17)9-11-15/h8-12,14H,4-7H2,1-3H3. The lowest BCUT2D eigenvalue weighted by atomic mass is 10.2. The Morgan fingerprint density at radius 2 is 1.74 bits per heavy atom. The molecule has 1 saturated carbocycles. The molecule has 5 nitrogen and oxygen atoms in total. The summed E-state index contributed by atoms with van der Waals surface area (Å²) in [4.78, 5) is 14.5.